The van der Waals surface area contributed by atoms with Crippen LogP contribution >= 0.6 is 0 Å². The Morgan fingerprint density at radius 2 is 2.08 bits per heavy atom. The lowest BCUT2D eigenvalue weighted by Crippen LogP contribution is -2.49. The molecule has 0 aromatic carbocycles. The zero-order valence-corrected chi connectivity index (χ0v) is 8.26. The highest BCUT2D eigenvalue weighted by Crippen LogP contribution is 1.98. The van der Waals surface area contributed by atoms with E-state index in [9.17, 15) is 0 Å². The standard InChI is InChI=1S/C8H19N3O/c1-6(2)10-7(9)11-8(3,4)5-12/h6,12H,5H2,1-4H3,(H3,9,10,11). The first-order chi connectivity index (χ1) is 5.37. The van der Waals surface area contributed by atoms with E-state index in [-0.39, 0.29) is 12.6 Å². The first kappa shape index (κ1) is 11.2. The molecule has 0 unspecified atom stereocenters. The number of aliphatic hydroxyl groups is 1. The molecule has 0 aliphatic rings. The van der Waals surface area contributed by atoms with E-state index in [4.69, 9.17) is 10.8 Å². The van der Waals surface area contributed by atoms with Gasteiger partial charge in [-0.2, -0.15) is 0 Å². The van der Waals surface area contributed by atoms with E-state index < -0.39 is 5.54 Å². The van der Waals surface area contributed by atoms with Gasteiger partial charge < -0.3 is 16.2 Å². The highest BCUT2D eigenvalue weighted by Gasteiger charge is 2.16. The van der Waals surface area contributed by atoms with Crippen molar-refractivity contribution in [3.63, 3.8) is 0 Å². The number of aliphatic hydroxyl groups excluding tert-OH is 1. The summed E-state index contributed by atoms with van der Waals surface area (Å²) in [6, 6.07) is 0.173. The minimum Gasteiger partial charge on any atom is -0.394 e. The van der Waals surface area contributed by atoms with Crippen LogP contribution < -0.4 is 11.1 Å². The second-order valence-corrected chi connectivity index (χ2v) is 3.78. The van der Waals surface area contributed by atoms with Gasteiger partial charge in [-0.05, 0) is 27.7 Å². The van der Waals surface area contributed by atoms with Crippen molar-refractivity contribution in [3.8, 4) is 0 Å². The molecular weight excluding hydrogens is 154 g/mol. The molecular formula is C8H19N3O. The Balaban J connectivity index is 4.08. The van der Waals surface area contributed by atoms with E-state index in [1.165, 1.54) is 0 Å². The number of aliphatic imine (C=N–C) groups is 1. The number of guanidine groups is 1. The van der Waals surface area contributed by atoms with Gasteiger partial charge in [0.2, 0.25) is 0 Å². The molecule has 0 aromatic rings. The fourth-order valence-electron chi connectivity index (χ4n) is 0.697. The van der Waals surface area contributed by atoms with Gasteiger partial charge in [0, 0.05) is 6.04 Å². The van der Waals surface area contributed by atoms with Crippen LogP contribution in [-0.2, 0) is 0 Å². The quantitative estimate of drug-likeness (QED) is 0.418. The molecule has 4 heteroatoms. The van der Waals surface area contributed by atoms with E-state index >= 15 is 0 Å². The van der Waals surface area contributed by atoms with Crippen LogP contribution in [0.1, 0.15) is 27.7 Å². The van der Waals surface area contributed by atoms with Crippen LogP contribution in [-0.4, -0.2) is 29.3 Å². The molecule has 0 bridgehead atoms. The monoisotopic (exact) mass is 173 g/mol. The van der Waals surface area contributed by atoms with Crippen molar-refractivity contribution in [1.29, 1.82) is 0 Å². The van der Waals surface area contributed by atoms with E-state index in [0.29, 0.717) is 5.96 Å². The molecule has 0 saturated heterocycles. The number of nitrogens with two attached hydrogens (primary N) is 1. The largest absolute Gasteiger partial charge is 0.394 e. The number of rotatable bonds is 3. The van der Waals surface area contributed by atoms with Crippen molar-refractivity contribution >= 4 is 5.96 Å². The van der Waals surface area contributed by atoms with Crippen molar-refractivity contribution in [1.82, 2.24) is 5.32 Å². The SMILES string of the molecule is CC(C)N=C(N)NC(C)(C)CO. The Morgan fingerprint density at radius 3 is 2.42 bits per heavy atom. The van der Waals surface area contributed by atoms with Crippen molar-refractivity contribution < 1.29 is 5.11 Å². The number of nitrogens with one attached hydrogen (secondary N) is 1. The summed E-state index contributed by atoms with van der Waals surface area (Å²) in [4.78, 5) is 4.08. The van der Waals surface area contributed by atoms with Crippen LogP contribution in [0.3, 0.4) is 0 Å². The molecule has 0 spiro atoms. The van der Waals surface area contributed by atoms with Gasteiger partial charge in [-0.3, -0.25) is 4.99 Å². The fourth-order valence-corrected chi connectivity index (χ4v) is 0.697. The van der Waals surface area contributed by atoms with Crippen molar-refractivity contribution in [2.45, 2.75) is 39.3 Å². The second kappa shape index (κ2) is 4.30. The molecule has 0 saturated carbocycles. The highest BCUT2D eigenvalue weighted by molar-refractivity contribution is 5.78. The normalized spacial score (nSPS) is 13.7. The molecule has 72 valence electrons. The number of nitrogens with zero attached hydrogens (tertiary/aromatic N) is 1. The Bertz CT molecular complexity index is 164. The summed E-state index contributed by atoms with van der Waals surface area (Å²) in [5, 5.41) is 11.8. The van der Waals surface area contributed by atoms with Crippen LogP contribution in [0.4, 0.5) is 0 Å². The molecule has 0 atom stereocenters. The summed E-state index contributed by atoms with van der Waals surface area (Å²) >= 11 is 0. The maximum atomic E-state index is 8.90. The first-order valence-corrected chi connectivity index (χ1v) is 4.09. The van der Waals surface area contributed by atoms with Gasteiger partial charge in [0.25, 0.3) is 0 Å². The fraction of sp³-hybridized carbons (Fsp3) is 0.875. The van der Waals surface area contributed by atoms with Gasteiger partial charge in [-0.25, -0.2) is 0 Å². The van der Waals surface area contributed by atoms with Gasteiger partial charge >= 0.3 is 0 Å². The van der Waals surface area contributed by atoms with Crippen LogP contribution in [0.2, 0.25) is 0 Å². The van der Waals surface area contributed by atoms with Crippen molar-refractivity contribution in [3.05, 3.63) is 0 Å². The molecule has 0 aliphatic heterocycles. The molecule has 0 heterocycles. The smallest absolute Gasteiger partial charge is 0.189 e. The van der Waals surface area contributed by atoms with E-state index in [2.05, 4.69) is 10.3 Å². The van der Waals surface area contributed by atoms with E-state index in [0.717, 1.165) is 0 Å². The predicted octanol–water partition coefficient (Wildman–Crippen LogP) is 0.0700. The summed E-state index contributed by atoms with van der Waals surface area (Å²) < 4.78 is 0. The minimum atomic E-state index is -0.400. The summed E-state index contributed by atoms with van der Waals surface area (Å²) in [6.45, 7) is 7.63. The van der Waals surface area contributed by atoms with Gasteiger partial charge in [0.15, 0.2) is 5.96 Å². The maximum Gasteiger partial charge on any atom is 0.189 e. The summed E-state index contributed by atoms with van der Waals surface area (Å²) in [7, 11) is 0. The third-order valence-electron chi connectivity index (χ3n) is 1.26. The predicted molar refractivity (Wildman–Crippen MR) is 51.1 cm³/mol. The third-order valence-corrected chi connectivity index (χ3v) is 1.26. The van der Waals surface area contributed by atoms with Crippen LogP contribution in [0.15, 0.2) is 4.99 Å². The average Bonchev–Trinajstić information content (AvgIpc) is 1.84. The molecule has 0 rings (SSSR count). The minimum absolute atomic E-state index is 0.0291. The summed E-state index contributed by atoms with van der Waals surface area (Å²) in [5.41, 5.74) is 5.16. The van der Waals surface area contributed by atoms with Crippen LogP contribution in [0.25, 0.3) is 0 Å². The van der Waals surface area contributed by atoms with E-state index in [1.807, 2.05) is 27.7 Å². The summed E-state index contributed by atoms with van der Waals surface area (Å²) in [5.74, 6) is 0.379. The molecule has 0 aliphatic carbocycles. The highest BCUT2D eigenvalue weighted by atomic mass is 16.3. The zero-order valence-electron chi connectivity index (χ0n) is 8.26. The molecule has 4 nitrogen and oxygen atoms in total. The lowest BCUT2D eigenvalue weighted by molar-refractivity contribution is 0.206. The van der Waals surface area contributed by atoms with Gasteiger partial charge in [0.1, 0.15) is 0 Å². The van der Waals surface area contributed by atoms with Crippen molar-refractivity contribution in [2.75, 3.05) is 6.61 Å². The Hall–Kier alpha value is -0.770. The van der Waals surface area contributed by atoms with E-state index in [1.54, 1.807) is 0 Å². The Morgan fingerprint density at radius 1 is 1.58 bits per heavy atom. The summed E-state index contributed by atoms with van der Waals surface area (Å²) in [6.07, 6.45) is 0. The average molecular weight is 173 g/mol. The maximum absolute atomic E-state index is 8.90. The Labute approximate surface area is 73.9 Å². The van der Waals surface area contributed by atoms with Crippen LogP contribution in [0, 0.1) is 0 Å². The molecule has 0 radical (unpaired) electrons. The Kier molecular flexibility index (Phi) is 4.03. The number of hydrogen-bond donors (Lipinski definition) is 3. The first-order valence-electron chi connectivity index (χ1n) is 4.09. The van der Waals surface area contributed by atoms with Gasteiger partial charge in [-0.1, -0.05) is 0 Å². The van der Waals surface area contributed by atoms with Gasteiger partial charge in [0.05, 0.1) is 12.1 Å². The molecule has 0 amide bonds. The zero-order chi connectivity index (χ0) is 9.78. The lowest BCUT2D eigenvalue weighted by atomic mass is 10.1. The lowest BCUT2D eigenvalue weighted by Gasteiger charge is -2.24. The third kappa shape index (κ3) is 4.96. The van der Waals surface area contributed by atoms with Crippen molar-refractivity contribution in [2.24, 2.45) is 10.7 Å². The topological polar surface area (TPSA) is 70.6 Å². The molecule has 4 N–H and O–H groups in total. The van der Waals surface area contributed by atoms with Crippen LogP contribution in [0.5, 0.6) is 0 Å². The molecule has 12 heavy (non-hydrogen) atoms. The number of hydrogen-bond acceptors (Lipinski definition) is 2. The second-order valence-electron chi connectivity index (χ2n) is 3.78. The molecule has 0 aromatic heterocycles. The van der Waals surface area contributed by atoms with Gasteiger partial charge in [-0.15, -0.1) is 0 Å². The molecule has 0 fully saturated rings.